The van der Waals surface area contributed by atoms with Gasteiger partial charge in [-0.2, -0.15) is 0 Å². The minimum atomic E-state index is -0.646. The van der Waals surface area contributed by atoms with E-state index in [1.165, 1.54) is 0 Å². The molecule has 1 atom stereocenters. The molecule has 1 unspecified atom stereocenters. The Morgan fingerprint density at radius 1 is 1.23 bits per heavy atom. The molecule has 2 aromatic rings. The Hall–Kier alpha value is -2.37. The summed E-state index contributed by atoms with van der Waals surface area (Å²) in [6.07, 6.45) is 0.511. The number of benzene rings is 2. The third-order valence-corrected chi connectivity index (χ3v) is 4.68. The van der Waals surface area contributed by atoms with Crippen molar-refractivity contribution < 1.29 is 14.3 Å². The van der Waals surface area contributed by atoms with Gasteiger partial charge in [0.05, 0.1) is 6.61 Å². The summed E-state index contributed by atoms with van der Waals surface area (Å²) in [7, 11) is 1.65. The van der Waals surface area contributed by atoms with Crippen molar-refractivity contribution in [2.45, 2.75) is 19.6 Å². The number of anilines is 1. The average molecular weight is 373 g/mol. The van der Waals surface area contributed by atoms with Crippen LogP contribution >= 0.6 is 11.6 Å². The van der Waals surface area contributed by atoms with Gasteiger partial charge in [-0.3, -0.25) is 9.59 Å². The predicted molar refractivity (Wildman–Crippen MR) is 101 cm³/mol. The minimum absolute atomic E-state index is 0.169. The molecule has 1 N–H and O–H groups in total. The molecule has 5 nitrogen and oxygen atoms in total. The van der Waals surface area contributed by atoms with Crippen LogP contribution < -0.4 is 10.2 Å². The fraction of sp³-hybridized carbons (Fsp3) is 0.300. The topological polar surface area (TPSA) is 58.6 Å². The lowest BCUT2D eigenvalue weighted by Gasteiger charge is -2.17. The first-order chi connectivity index (χ1) is 12.6. The molecular weight excluding hydrogens is 352 g/mol. The van der Waals surface area contributed by atoms with Crippen LogP contribution in [0.4, 0.5) is 5.69 Å². The van der Waals surface area contributed by atoms with Crippen LogP contribution in [0.25, 0.3) is 0 Å². The number of hydrogen-bond acceptors (Lipinski definition) is 3. The number of rotatable bonds is 6. The highest BCUT2D eigenvalue weighted by Gasteiger charge is 2.37. The Labute approximate surface area is 157 Å². The van der Waals surface area contributed by atoms with Crippen molar-refractivity contribution in [2.75, 3.05) is 18.6 Å². The Kier molecular flexibility index (Phi) is 5.91. The molecule has 2 aromatic carbocycles. The standard InChI is InChI=1S/C20H21ClN2O3/c1-26-13-15-4-2-3-14(11-15)12-22-19(24)18-9-10-23(20(18)25)17-7-5-16(21)6-8-17/h2-8,11,18H,9-10,12-13H2,1H3,(H,22,24). The van der Waals surface area contributed by atoms with Gasteiger partial charge in [-0.1, -0.05) is 35.9 Å². The van der Waals surface area contributed by atoms with Crippen LogP contribution in [-0.4, -0.2) is 25.5 Å². The monoisotopic (exact) mass is 372 g/mol. The molecule has 2 amide bonds. The largest absolute Gasteiger partial charge is 0.380 e. The smallest absolute Gasteiger partial charge is 0.239 e. The molecule has 1 saturated heterocycles. The molecule has 0 aliphatic carbocycles. The molecule has 6 heteroatoms. The zero-order valence-corrected chi connectivity index (χ0v) is 15.3. The second-order valence-corrected chi connectivity index (χ2v) is 6.71. The highest BCUT2D eigenvalue weighted by molar-refractivity contribution is 6.30. The zero-order valence-electron chi connectivity index (χ0n) is 14.6. The van der Waals surface area contributed by atoms with E-state index in [0.29, 0.717) is 31.1 Å². The first kappa shape index (κ1) is 18.4. The fourth-order valence-corrected chi connectivity index (χ4v) is 3.24. The van der Waals surface area contributed by atoms with Crippen molar-refractivity contribution in [1.82, 2.24) is 5.32 Å². The summed E-state index contributed by atoms with van der Waals surface area (Å²) in [6, 6.07) is 14.9. The van der Waals surface area contributed by atoms with E-state index in [9.17, 15) is 9.59 Å². The van der Waals surface area contributed by atoms with Crippen LogP contribution in [0.2, 0.25) is 5.02 Å². The third kappa shape index (κ3) is 4.23. The van der Waals surface area contributed by atoms with Gasteiger partial charge in [0, 0.05) is 30.9 Å². The van der Waals surface area contributed by atoms with E-state index >= 15 is 0 Å². The predicted octanol–water partition coefficient (Wildman–Crippen LogP) is 3.16. The first-order valence-corrected chi connectivity index (χ1v) is 8.87. The average Bonchev–Trinajstić information content (AvgIpc) is 3.03. The third-order valence-electron chi connectivity index (χ3n) is 4.43. The number of methoxy groups -OCH3 is 1. The first-order valence-electron chi connectivity index (χ1n) is 8.50. The maximum absolute atomic E-state index is 12.6. The van der Waals surface area contributed by atoms with Gasteiger partial charge in [0.15, 0.2) is 0 Å². The summed E-state index contributed by atoms with van der Waals surface area (Å²) in [4.78, 5) is 26.7. The van der Waals surface area contributed by atoms with Gasteiger partial charge in [-0.25, -0.2) is 0 Å². The highest BCUT2D eigenvalue weighted by Crippen LogP contribution is 2.26. The van der Waals surface area contributed by atoms with E-state index in [0.717, 1.165) is 16.8 Å². The van der Waals surface area contributed by atoms with Gasteiger partial charge in [-0.15, -0.1) is 0 Å². The van der Waals surface area contributed by atoms with E-state index in [1.807, 2.05) is 24.3 Å². The fourth-order valence-electron chi connectivity index (χ4n) is 3.11. The molecule has 1 aliphatic heterocycles. The van der Waals surface area contributed by atoms with Gasteiger partial charge in [0.25, 0.3) is 0 Å². The second kappa shape index (κ2) is 8.34. The van der Waals surface area contributed by atoms with Crippen molar-refractivity contribution in [1.29, 1.82) is 0 Å². The minimum Gasteiger partial charge on any atom is -0.380 e. The molecule has 0 spiro atoms. The maximum atomic E-state index is 12.6. The Bertz CT molecular complexity index is 792. The molecule has 0 aromatic heterocycles. The van der Waals surface area contributed by atoms with Gasteiger partial charge >= 0.3 is 0 Å². The van der Waals surface area contributed by atoms with E-state index in [-0.39, 0.29) is 11.8 Å². The SMILES string of the molecule is COCc1cccc(CNC(=O)C2CCN(c3ccc(Cl)cc3)C2=O)c1. The Morgan fingerprint density at radius 2 is 1.96 bits per heavy atom. The van der Waals surface area contributed by atoms with Crippen molar-refractivity contribution in [2.24, 2.45) is 5.92 Å². The number of ether oxygens (including phenoxy) is 1. The molecule has 0 saturated carbocycles. The molecule has 0 bridgehead atoms. The lowest BCUT2D eigenvalue weighted by Crippen LogP contribution is -2.36. The number of carbonyl (C=O) groups excluding carboxylic acids is 2. The Morgan fingerprint density at radius 3 is 2.69 bits per heavy atom. The van der Waals surface area contributed by atoms with E-state index < -0.39 is 5.92 Å². The van der Waals surface area contributed by atoms with E-state index in [4.69, 9.17) is 16.3 Å². The van der Waals surface area contributed by atoms with Gasteiger partial charge in [-0.05, 0) is 41.8 Å². The second-order valence-electron chi connectivity index (χ2n) is 6.28. The quantitative estimate of drug-likeness (QED) is 0.792. The van der Waals surface area contributed by atoms with Crippen molar-refractivity contribution in [3.63, 3.8) is 0 Å². The number of amides is 2. The summed E-state index contributed by atoms with van der Waals surface area (Å²) >= 11 is 5.89. The van der Waals surface area contributed by atoms with Crippen molar-refractivity contribution >= 4 is 29.1 Å². The number of halogens is 1. The van der Waals surface area contributed by atoms with Crippen LogP contribution in [0.5, 0.6) is 0 Å². The number of nitrogens with one attached hydrogen (secondary N) is 1. The number of nitrogens with zero attached hydrogens (tertiary/aromatic N) is 1. The zero-order chi connectivity index (χ0) is 18.5. The molecule has 3 rings (SSSR count). The number of hydrogen-bond donors (Lipinski definition) is 1. The molecule has 136 valence electrons. The van der Waals surface area contributed by atoms with Gasteiger partial charge < -0.3 is 15.0 Å². The van der Waals surface area contributed by atoms with Crippen LogP contribution in [-0.2, 0) is 27.5 Å². The van der Waals surface area contributed by atoms with Gasteiger partial charge in [0.2, 0.25) is 11.8 Å². The van der Waals surface area contributed by atoms with Crippen molar-refractivity contribution in [3.8, 4) is 0 Å². The van der Waals surface area contributed by atoms with Crippen LogP contribution in [0.1, 0.15) is 17.5 Å². The summed E-state index contributed by atoms with van der Waals surface area (Å²) in [5.74, 6) is -1.05. The highest BCUT2D eigenvalue weighted by atomic mass is 35.5. The lowest BCUT2D eigenvalue weighted by molar-refractivity contribution is -0.132. The summed E-state index contributed by atoms with van der Waals surface area (Å²) in [5, 5.41) is 3.49. The molecule has 1 aliphatic rings. The Balaban J connectivity index is 1.59. The van der Waals surface area contributed by atoms with Crippen LogP contribution in [0.3, 0.4) is 0 Å². The van der Waals surface area contributed by atoms with E-state index in [2.05, 4.69) is 5.32 Å². The summed E-state index contributed by atoms with van der Waals surface area (Å²) < 4.78 is 5.12. The molecular formula is C20H21ClN2O3. The van der Waals surface area contributed by atoms with Crippen LogP contribution in [0, 0.1) is 5.92 Å². The summed E-state index contributed by atoms with van der Waals surface area (Å²) in [6.45, 7) is 1.45. The molecule has 1 fully saturated rings. The van der Waals surface area contributed by atoms with E-state index in [1.54, 1.807) is 36.3 Å². The summed E-state index contributed by atoms with van der Waals surface area (Å²) in [5.41, 5.74) is 2.79. The normalized spacial score (nSPS) is 16.8. The van der Waals surface area contributed by atoms with Gasteiger partial charge in [0.1, 0.15) is 5.92 Å². The molecule has 26 heavy (non-hydrogen) atoms. The molecule has 1 heterocycles. The lowest BCUT2D eigenvalue weighted by atomic mass is 10.1. The molecule has 0 radical (unpaired) electrons. The van der Waals surface area contributed by atoms with Crippen LogP contribution in [0.15, 0.2) is 48.5 Å². The number of carbonyl (C=O) groups is 2. The maximum Gasteiger partial charge on any atom is 0.239 e. The van der Waals surface area contributed by atoms with Crippen molar-refractivity contribution in [3.05, 3.63) is 64.7 Å².